The van der Waals surface area contributed by atoms with Gasteiger partial charge in [-0.1, -0.05) is 24.3 Å². The Hall–Kier alpha value is -2.07. The van der Waals surface area contributed by atoms with E-state index in [4.69, 9.17) is 4.74 Å². The number of ether oxygens (including phenoxy) is 1. The van der Waals surface area contributed by atoms with Crippen molar-refractivity contribution in [2.24, 2.45) is 4.99 Å². The summed E-state index contributed by atoms with van der Waals surface area (Å²) in [6.07, 6.45) is 2.91. The van der Waals surface area contributed by atoms with Crippen molar-refractivity contribution in [2.75, 3.05) is 5.32 Å². The number of nitrogens with zero attached hydrogens (tertiary/aromatic N) is 1. The zero-order valence-corrected chi connectivity index (χ0v) is 9.34. The second-order valence-electron chi connectivity index (χ2n) is 3.95. The molecule has 4 heteroatoms. The van der Waals surface area contributed by atoms with E-state index in [1.54, 1.807) is 6.92 Å². The quantitative estimate of drug-likeness (QED) is 0.715. The van der Waals surface area contributed by atoms with Crippen molar-refractivity contribution >= 4 is 17.7 Å². The number of aliphatic hydroxyl groups excluding tert-OH is 1. The van der Waals surface area contributed by atoms with E-state index in [1.165, 1.54) is 0 Å². The van der Waals surface area contributed by atoms with Crippen LogP contribution in [-0.2, 0) is 4.74 Å². The van der Waals surface area contributed by atoms with Gasteiger partial charge >= 0.3 is 0 Å². The van der Waals surface area contributed by atoms with Gasteiger partial charge in [-0.25, -0.2) is 4.99 Å². The third-order valence-corrected chi connectivity index (χ3v) is 2.73. The minimum Gasteiger partial charge on any atom is -0.446 e. The number of para-hydroxylation sites is 1. The number of fused-ring (bicyclic) bond motifs is 1. The molecule has 0 saturated heterocycles. The maximum atomic E-state index is 9.69. The molecule has 2 N–H and O–H groups in total. The van der Waals surface area contributed by atoms with Crippen LogP contribution in [0.3, 0.4) is 0 Å². The molecule has 17 heavy (non-hydrogen) atoms. The van der Waals surface area contributed by atoms with Crippen molar-refractivity contribution in [1.29, 1.82) is 0 Å². The highest BCUT2D eigenvalue weighted by Crippen LogP contribution is 2.28. The van der Waals surface area contributed by atoms with Gasteiger partial charge in [-0.3, -0.25) is 0 Å². The van der Waals surface area contributed by atoms with E-state index in [9.17, 15) is 5.11 Å². The summed E-state index contributed by atoms with van der Waals surface area (Å²) < 4.78 is 5.09. The van der Waals surface area contributed by atoms with Gasteiger partial charge in [0.05, 0.1) is 5.70 Å². The molecule has 0 radical (unpaired) electrons. The predicted octanol–water partition coefficient (Wildman–Crippen LogP) is 2.10. The maximum absolute atomic E-state index is 9.69. The van der Waals surface area contributed by atoms with E-state index in [0.717, 1.165) is 16.9 Å². The molecule has 0 aromatic heterocycles. The molecule has 1 unspecified atom stereocenters. The normalized spacial score (nSPS) is 26.0. The first-order chi connectivity index (χ1) is 8.24. The molecule has 0 aliphatic carbocycles. The first-order valence-electron chi connectivity index (χ1n) is 5.42. The number of anilines is 1. The Balaban J connectivity index is 2.03. The molecule has 1 aromatic rings. The second kappa shape index (κ2) is 3.75. The number of aliphatic imine (C=N–C) groups is 1. The molecule has 0 fully saturated rings. The maximum Gasteiger partial charge on any atom is 0.244 e. The van der Waals surface area contributed by atoms with Crippen LogP contribution in [0.5, 0.6) is 0 Å². The Morgan fingerprint density at radius 3 is 2.88 bits per heavy atom. The Bertz CT molecular complexity index is 558. The van der Waals surface area contributed by atoms with Gasteiger partial charge in [-0.15, -0.1) is 0 Å². The predicted molar refractivity (Wildman–Crippen MR) is 66.3 cm³/mol. The molecule has 2 aliphatic rings. The van der Waals surface area contributed by atoms with Gasteiger partial charge in [0.15, 0.2) is 5.90 Å². The highest BCUT2D eigenvalue weighted by atomic mass is 16.6. The molecule has 86 valence electrons. The lowest BCUT2D eigenvalue weighted by Gasteiger charge is -2.17. The lowest BCUT2D eigenvalue weighted by Crippen LogP contribution is -2.14. The molecular formula is C13H12N2O2. The van der Waals surface area contributed by atoms with Crippen molar-refractivity contribution in [2.45, 2.75) is 13.2 Å². The summed E-state index contributed by atoms with van der Waals surface area (Å²) in [5, 5.41) is 12.9. The summed E-state index contributed by atoms with van der Waals surface area (Å²) in [5.41, 5.74) is 3.41. The number of nitrogens with one attached hydrogen (secondary N) is 1. The average Bonchev–Trinajstić information content (AvgIpc) is 2.68. The molecule has 0 saturated carbocycles. The Morgan fingerprint density at radius 2 is 2.12 bits per heavy atom. The van der Waals surface area contributed by atoms with Crippen LogP contribution in [0.1, 0.15) is 12.5 Å². The lowest BCUT2D eigenvalue weighted by molar-refractivity contribution is 0.0155. The molecule has 1 aromatic carbocycles. The minimum atomic E-state index is -0.979. The van der Waals surface area contributed by atoms with Crippen molar-refractivity contribution < 1.29 is 9.84 Å². The SMILES string of the molecule is CC1=N/C(=C2/C=Cc3ccccc3N2)C(O)O1. The van der Waals surface area contributed by atoms with Gasteiger partial charge in [0.1, 0.15) is 5.70 Å². The van der Waals surface area contributed by atoms with E-state index in [-0.39, 0.29) is 0 Å². The Kier molecular flexibility index (Phi) is 2.23. The van der Waals surface area contributed by atoms with Gasteiger partial charge in [0.25, 0.3) is 0 Å². The summed E-state index contributed by atoms with van der Waals surface area (Å²) in [5.74, 6) is 0.481. The van der Waals surface area contributed by atoms with Crippen LogP contribution in [-0.4, -0.2) is 17.3 Å². The third-order valence-electron chi connectivity index (χ3n) is 2.73. The van der Waals surface area contributed by atoms with Crippen molar-refractivity contribution in [1.82, 2.24) is 0 Å². The zero-order chi connectivity index (χ0) is 11.8. The minimum absolute atomic E-state index is 0.481. The summed E-state index contributed by atoms with van der Waals surface area (Å²) >= 11 is 0. The monoisotopic (exact) mass is 228 g/mol. The molecule has 2 heterocycles. The fourth-order valence-corrected chi connectivity index (χ4v) is 1.93. The summed E-state index contributed by atoms with van der Waals surface area (Å²) in [4.78, 5) is 4.18. The number of hydrogen-bond acceptors (Lipinski definition) is 4. The van der Waals surface area contributed by atoms with Gasteiger partial charge in [-0.2, -0.15) is 0 Å². The van der Waals surface area contributed by atoms with Crippen molar-refractivity contribution in [3.63, 3.8) is 0 Å². The van der Waals surface area contributed by atoms with Crippen LogP contribution in [0, 0.1) is 0 Å². The fourth-order valence-electron chi connectivity index (χ4n) is 1.93. The van der Waals surface area contributed by atoms with E-state index in [0.29, 0.717) is 11.6 Å². The molecule has 0 amide bonds. The Labute approximate surface area is 98.9 Å². The number of allylic oxidation sites excluding steroid dienone is 1. The van der Waals surface area contributed by atoms with Crippen LogP contribution in [0.4, 0.5) is 5.69 Å². The summed E-state index contributed by atoms with van der Waals surface area (Å²) in [6, 6.07) is 7.96. The highest BCUT2D eigenvalue weighted by molar-refractivity contribution is 5.79. The summed E-state index contributed by atoms with van der Waals surface area (Å²) in [6.45, 7) is 1.72. The number of rotatable bonds is 0. The average molecular weight is 228 g/mol. The first kappa shape index (κ1) is 10.1. The largest absolute Gasteiger partial charge is 0.446 e. The van der Waals surface area contributed by atoms with Gasteiger partial charge in [0.2, 0.25) is 6.29 Å². The number of benzene rings is 1. The topological polar surface area (TPSA) is 53.9 Å². The molecular weight excluding hydrogens is 216 g/mol. The van der Waals surface area contributed by atoms with Gasteiger partial charge in [0, 0.05) is 12.6 Å². The molecule has 4 nitrogen and oxygen atoms in total. The zero-order valence-electron chi connectivity index (χ0n) is 9.34. The molecule has 2 aliphatic heterocycles. The van der Waals surface area contributed by atoms with Crippen LogP contribution in [0.15, 0.2) is 46.7 Å². The fraction of sp³-hybridized carbons (Fsp3) is 0.154. The van der Waals surface area contributed by atoms with Crippen LogP contribution in [0.2, 0.25) is 0 Å². The molecule has 3 rings (SSSR count). The highest BCUT2D eigenvalue weighted by Gasteiger charge is 2.24. The third kappa shape index (κ3) is 1.72. The van der Waals surface area contributed by atoms with Crippen molar-refractivity contribution in [3.05, 3.63) is 47.3 Å². The number of aliphatic hydroxyl groups is 1. The second-order valence-corrected chi connectivity index (χ2v) is 3.95. The van der Waals surface area contributed by atoms with Gasteiger partial charge < -0.3 is 15.2 Å². The van der Waals surface area contributed by atoms with Crippen LogP contribution < -0.4 is 5.32 Å². The lowest BCUT2D eigenvalue weighted by atomic mass is 10.1. The molecule has 1 atom stereocenters. The Morgan fingerprint density at radius 1 is 1.29 bits per heavy atom. The van der Waals surface area contributed by atoms with E-state index < -0.39 is 6.29 Å². The smallest absolute Gasteiger partial charge is 0.244 e. The number of hydrogen-bond donors (Lipinski definition) is 2. The van der Waals surface area contributed by atoms with E-state index in [1.807, 2.05) is 36.4 Å². The van der Waals surface area contributed by atoms with E-state index >= 15 is 0 Å². The van der Waals surface area contributed by atoms with E-state index in [2.05, 4.69) is 10.3 Å². The standard InChI is InChI=1S/C13H12N2O2/c1-8-14-12(13(16)17-8)11-7-6-9-4-2-3-5-10(9)15-11/h2-7,13,15-16H,1H3/b12-11-. The van der Waals surface area contributed by atoms with Crippen LogP contribution >= 0.6 is 0 Å². The summed E-state index contributed by atoms with van der Waals surface area (Å²) in [7, 11) is 0. The molecule has 0 bridgehead atoms. The van der Waals surface area contributed by atoms with Gasteiger partial charge in [-0.05, 0) is 17.7 Å². The van der Waals surface area contributed by atoms with Crippen LogP contribution in [0.25, 0.3) is 6.08 Å². The first-order valence-corrected chi connectivity index (χ1v) is 5.42. The van der Waals surface area contributed by atoms with Crippen molar-refractivity contribution in [3.8, 4) is 0 Å². The molecule has 0 spiro atoms.